The van der Waals surface area contributed by atoms with Crippen molar-refractivity contribution < 1.29 is 8.42 Å². The van der Waals surface area contributed by atoms with Crippen LogP contribution in [0.15, 0.2) is 29.2 Å². The van der Waals surface area contributed by atoms with E-state index in [1.807, 2.05) is 0 Å². The van der Waals surface area contributed by atoms with E-state index in [9.17, 15) is 8.42 Å². The zero-order valence-electron chi connectivity index (χ0n) is 13.7. The molecule has 0 spiro atoms. The van der Waals surface area contributed by atoms with Gasteiger partial charge in [0.15, 0.2) is 0 Å². The van der Waals surface area contributed by atoms with Gasteiger partial charge in [0.25, 0.3) is 0 Å². The Hall–Kier alpha value is -1.07. The van der Waals surface area contributed by atoms with E-state index in [-0.39, 0.29) is 11.3 Å². The Labute approximate surface area is 129 Å². The van der Waals surface area contributed by atoms with E-state index >= 15 is 0 Å². The van der Waals surface area contributed by atoms with Gasteiger partial charge in [0.05, 0.1) is 4.90 Å². The molecule has 1 atom stereocenters. The molecular formula is C16H28N2O2S. The molecule has 120 valence electrons. The third-order valence-electron chi connectivity index (χ3n) is 3.80. The lowest BCUT2D eigenvalue weighted by Crippen LogP contribution is -2.33. The van der Waals surface area contributed by atoms with Gasteiger partial charge in [-0.3, -0.25) is 0 Å². The summed E-state index contributed by atoms with van der Waals surface area (Å²) in [7, 11) is -3.43. The van der Waals surface area contributed by atoms with E-state index in [1.165, 1.54) is 0 Å². The average molecular weight is 312 g/mol. The van der Waals surface area contributed by atoms with Gasteiger partial charge in [0.1, 0.15) is 0 Å². The number of nitrogens with one attached hydrogen (secondary N) is 2. The lowest BCUT2D eigenvalue weighted by Gasteiger charge is -2.27. The number of hydrogen-bond acceptors (Lipinski definition) is 3. The number of benzene rings is 1. The Kier molecular flexibility index (Phi) is 6.23. The second kappa shape index (κ2) is 7.27. The Morgan fingerprint density at radius 1 is 1.14 bits per heavy atom. The van der Waals surface area contributed by atoms with Crippen LogP contribution in [0, 0.1) is 11.3 Å². The standard InChI is InChI=1S/C16H28N2O2S/c1-6-11-17-14-7-9-15(10-8-14)21(19,20)18-12-13(2)16(3,4)5/h7-10,13,17-18H,6,11-12H2,1-5H3. The van der Waals surface area contributed by atoms with Crippen molar-refractivity contribution in [3.63, 3.8) is 0 Å². The highest BCUT2D eigenvalue weighted by Crippen LogP contribution is 2.25. The normalized spacial score (nSPS) is 14.0. The minimum Gasteiger partial charge on any atom is -0.385 e. The minimum atomic E-state index is -3.43. The summed E-state index contributed by atoms with van der Waals surface area (Å²) in [5, 5.41) is 3.23. The van der Waals surface area contributed by atoms with Gasteiger partial charge in [0.2, 0.25) is 10.0 Å². The van der Waals surface area contributed by atoms with E-state index in [0.29, 0.717) is 11.4 Å². The Morgan fingerprint density at radius 3 is 2.19 bits per heavy atom. The second-order valence-corrected chi connectivity index (χ2v) is 8.34. The number of rotatable bonds is 7. The first-order valence-electron chi connectivity index (χ1n) is 7.50. The minimum absolute atomic E-state index is 0.0798. The molecule has 1 unspecified atom stereocenters. The summed E-state index contributed by atoms with van der Waals surface area (Å²) in [6, 6.07) is 6.89. The molecule has 0 fully saturated rings. The Morgan fingerprint density at radius 2 is 1.71 bits per heavy atom. The zero-order valence-corrected chi connectivity index (χ0v) is 14.5. The highest BCUT2D eigenvalue weighted by molar-refractivity contribution is 7.89. The van der Waals surface area contributed by atoms with Crippen LogP contribution < -0.4 is 10.0 Å². The van der Waals surface area contributed by atoms with Crippen LogP contribution in [0.2, 0.25) is 0 Å². The van der Waals surface area contributed by atoms with Crippen molar-refractivity contribution in [2.45, 2.75) is 45.9 Å². The highest BCUT2D eigenvalue weighted by Gasteiger charge is 2.22. The van der Waals surface area contributed by atoms with E-state index < -0.39 is 10.0 Å². The van der Waals surface area contributed by atoms with E-state index in [4.69, 9.17) is 0 Å². The molecule has 0 saturated carbocycles. The van der Waals surface area contributed by atoms with Crippen LogP contribution in [0.1, 0.15) is 41.0 Å². The Bertz CT molecular complexity index is 530. The van der Waals surface area contributed by atoms with Crippen molar-refractivity contribution >= 4 is 15.7 Å². The first-order chi connectivity index (χ1) is 9.66. The molecule has 4 nitrogen and oxygen atoms in total. The number of anilines is 1. The molecule has 0 radical (unpaired) electrons. The lowest BCUT2D eigenvalue weighted by atomic mass is 9.82. The fourth-order valence-corrected chi connectivity index (χ4v) is 2.78. The molecule has 21 heavy (non-hydrogen) atoms. The van der Waals surface area contributed by atoms with Gasteiger partial charge in [-0.25, -0.2) is 13.1 Å². The third kappa shape index (κ3) is 5.67. The molecule has 0 saturated heterocycles. The molecule has 0 aromatic heterocycles. The zero-order chi connectivity index (χ0) is 16.1. The van der Waals surface area contributed by atoms with Crippen LogP contribution in [0.3, 0.4) is 0 Å². The fraction of sp³-hybridized carbons (Fsp3) is 0.625. The largest absolute Gasteiger partial charge is 0.385 e. The van der Waals surface area contributed by atoms with Gasteiger partial charge >= 0.3 is 0 Å². The van der Waals surface area contributed by atoms with Crippen molar-refractivity contribution in [2.24, 2.45) is 11.3 Å². The van der Waals surface area contributed by atoms with Crippen LogP contribution in [-0.4, -0.2) is 21.5 Å². The van der Waals surface area contributed by atoms with E-state index in [1.54, 1.807) is 24.3 Å². The average Bonchev–Trinajstić information content (AvgIpc) is 2.42. The monoisotopic (exact) mass is 312 g/mol. The van der Waals surface area contributed by atoms with Crippen LogP contribution in [0.4, 0.5) is 5.69 Å². The van der Waals surface area contributed by atoms with Gasteiger partial charge in [-0.1, -0.05) is 34.6 Å². The maximum atomic E-state index is 12.3. The summed E-state index contributed by atoms with van der Waals surface area (Å²) in [6.45, 7) is 11.8. The molecule has 0 aliphatic carbocycles. The predicted molar refractivity (Wildman–Crippen MR) is 89.0 cm³/mol. The summed E-state index contributed by atoms with van der Waals surface area (Å²) < 4.78 is 27.2. The van der Waals surface area contributed by atoms with Crippen LogP contribution in [-0.2, 0) is 10.0 Å². The second-order valence-electron chi connectivity index (χ2n) is 6.57. The maximum absolute atomic E-state index is 12.3. The van der Waals surface area contributed by atoms with Crippen LogP contribution in [0.25, 0.3) is 0 Å². The SMILES string of the molecule is CCCNc1ccc(S(=O)(=O)NCC(C)C(C)(C)C)cc1. The summed E-state index contributed by atoms with van der Waals surface area (Å²) in [5.74, 6) is 0.262. The van der Waals surface area contributed by atoms with Crippen molar-refractivity contribution in [1.29, 1.82) is 0 Å². The molecule has 1 aromatic carbocycles. The van der Waals surface area contributed by atoms with Crippen molar-refractivity contribution in [1.82, 2.24) is 4.72 Å². The highest BCUT2D eigenvalue weighted by atomic mass is 32.2. The third-order valence-corrected chi connectivity index (χ3v) is 5.24. The van der Waals surface area contributed by atoms with E-state index in [2.05, 4.69) is 44.7 Å². The molecule has 0 bridgehead atoms. The van der Waals surface area contributed by atoms with Gasteiger partial charge in [-0.15, -0.1) is 0 Å². The van der Waals surface area contributed by atoms with E-state index in [0.717, 1.165) is 18.7 Å². The molecule has 0 aliphatic heterocycles. The molecule has 2 N–H and O–H groups in total. The quantitative estimate of drug-likeness (QED) is 0.810. The van der Waals surface area contributed by atoms with Gasteiger partial charge in [-0.05, 0) is 42.0 Å². The molecule has 0 amide bonds. The fourth-order valence-electron chi connectivity index (χ4n) is 1.65. The van der Waals surface area contributed by atoms with Crippen molar-refractivity contribution in [3.8, 4) is 0 Å². The summed E-state index contributed by atoms with van der Waals surface area (Å²) in [6.07, 6.45) is 1.03. The molecule has 0 heterocycles. The molecular weight excluding hydrogens is 284 g/mol. The number of hydrogen-bond donors (Lipinski definition) is 2. The number of sulfonamides is 1. The molecule has 5 heteroatoms. The summed E-state index contributed by atoms with van der Waals surface area (Å²) in [5.41, 5.74) is 1.02. The van der Waals surface area contributed by atoms with Gasteiger partial charge in [-0.2, -0.15) is 0 Å². The predicted octanol–water partition coefficient (Wildman–Crippen LogP) is 3.47. The maximum Gasteiger partial charge on any atom is 0.240 e. The topological polar surface area (TPSA) is 58.2 Å². The molecule has 1 aromatic rings. The van der Waals surface area contributed by atoms with Crippen LogP contribution >= 0.6 is 0 Å². The van der Waals surface area contributed by atoms with Crippen molar-refractivity contribution in [2.75, 3.05) is 18.4 Å². The van der Waals surface area contributed by atoms with Crippen molar-refractivity contribution in [3.05, 3.63) is 24.3 Å². The molecule has 1 rings (SSSR count). The van der Waals surface area contributed by atoms with Crippen LogP contribution in [0.5, 0.6) is 0 Å². The van der Waals surface area contributed by atoms with Gasteiger partial charge < -0.3 is 5.32 Å². The Balaban J connectivity index is 2.70. The first kappa shape index (κ1) is 18.0. The smallest absolute Gasteiger partial charge is 0.240 e. The summed E-state index contributed by atoms with van der Waals surface area (Å²) in [4.78, 5) is 0.311. The molecule has 0 aliphatic rings. The first-order valence-corrected chi connectivity index (χ1v) is 8.98. The summed E-state index contributed by atoms with van der Waals surface area (Å²) >= 11 is 0. The lowest BCUT2D eigenvalue weighted by molar-refractivity contribution is 0.263. The van der Waals surface area contributed by atoms with Gasteiger partial charge in [0, 0.05) is 18.8 Å².